The van der Waals surface area contributed by atoms with Crippen molar-refractivity contribution in [2.45, 2.75) is 32.7 Å². The van der Waals surface area contributed by atoms with Crippen LogP contribution in [0.5, 0.6) is 0 Å². The van der Waals surface area contributed by atoms with E-state index in [-0.39, 0.29) is 36.5 Å². The average Bonchev–Trinajstić information content (AvgIpc) is 2.31. The van der Waals surface area contributed by atoms with Gasteiger partial charge in [-0.15, -0.1) is 12.4 Å². The van der Waals surface area contributed by atoms with Crippen LogP contribution in [0.1, 0.15) is 26.3 Å². The molecule has 1 unspecified atom stereocenters. The molecule has 0 aliphatic rings. The summed E-state index contributed by atoms with van der Waals surface area (Å²) in [5, 5.41) is 2.89. The molecular formula is C14H22ClFN2O. The summed E-state index contributed by atoms with van der Waals surface area (Å²) in [7, 11) is 0. The van der Waals surface area contributed by atoms with E-state index >= 15 is 0 Å². The first-order valence-electron chi connectivity index (χ1n) is 6.13. The summed E-state index contributed by atoms with van der Waals surface area (Å²) in [6.07, 6.45) is 0.0367. The fourth-order valence-electron chi connectivity index (χ4n) is 1.61. The predicted molar refractivity (Wildman–Crippen MR) is 77.8 cm³/mol. The molecule has 5 heteroatoms. The van der Waals surface area contributed by atoms with Gasteiger partial charge in [-0.05, 0) is 24.5 Å². The highest BCUT2D eigenvalue weighted by molar-refractivity contribution is 5.85. The summed E-state index contributed by atoms with van der Waals surface area (Å²) >= 11 is 0. The highest BCUT2D eigenvalue weighted by Crippen LogP contribution is 2.15. The van der Waals surface area contributed by atoms with Gasteiger partial charge in [-0.25, -0.2) is 4.39 Å². The zero-order chi connectivity index (χ0) is 13.8. The monoisotopic (exact) mass is 288 g/mol. The first-order valence-corrected chi connectivity index (χ1v) is 6.13. The summed E-state index contributed by atoms with van der Waals surface area (Å²) in [6, 6.07) is 6.29. The molecule has 0 saturated carbocycles. The number of nitrogens with two attached hydrogens (primary N) is 1. The lowest BCUT2D eigenvalue weighted by Crippen LogP contribution is -2.55. The maximum atomic E-state index is 13.4. The lowest BCUT2D eigenvalue weighted by molar-refractivity contribution is -0.122. The van der Waals surface area contributed by atoms with E-state index in [1.54, 1.807) is 18.2 Å². The van der Waals surface area contributed by atoms with Gasteiger partial charge in [0.05, 0.1) is 12.0 Å². The number of hydrogen-bond acceptors (Lipinski definition) is 2. The third-order valence-corrected chi connectivity index (χ3v) is 3.43. The van der Waals surface area contributed by atoms with E-state index < -0.39 is 5.54 Å². The molecule has 0 saturated heterocycles. The summed E-state index contributed by atoms with van der Waals surface area (Å²) in [4.78, 5) is 11.9. The van der Waals surface area contributed by atoms with Crippen LogP contribution in [0.3, 0.4) is 0 Å². The first-order chi connectivity index (χ1) is 8.39. The van der Waals surface area contributed by atoms with Gasteiger partial charge in [0.1, 0.15) is 5.82 Å². The van der Waals surface area contributed by atoms with Crippen LogP contribution in [0.15, 0.2) is 24.3 Å². The molecule has 0 aromatic heterocycles. The Morgan fingerprint density at radius 1 is 1.42 bits per heavy atom. The minimum Gasteiger partial charge on any atom is -0.349 e. The molecule has 0 heterocycles. The van der Waals surface area contributed by atoms with Crippen LogP contribution in [0.2, 0.25) is 0 Å². The molecule has 0 aliphatic carbocycles. The molecule has 1 rings (SSSR count). The highest BCUT2D eigenvalue weighted by Gasteiger charge is 2.28. The van der Waals surface area contributed by atoms with Gasteiger partial charge in [-0.3, -0.25) is 4.79 Å². The second-order valence-corrected chi connectivity index (χ2v) is 5.09. The molecule has 3 nitrogen and oxygen atoms in total. The minimum atomic E-state index is -0.456. The van der Waals surface area contributed by atoms with E-state index in [1.807, 2.05) is 20.8 Å². The first kappa shape index (κ1) is 17.9. The van der Waals surface area contributed by atoms with Gasteiger partial charge in [0.15, 0.2) is 0 Å². The fraction of sp³-hybridized carbons (Fsp3) is 0.500. The Bertz CT molecular complexity index is 426. The number of hydrogen-bond donors (Lipinski definition) is 2. The highest BCUT2D eigenvalue weighted by atomic mass is 35.5. The molecule has 0 radical (unpaired) electrons. The van der Waals surface area contributed by atoms with Crippen LogP contribution in [-0.4, -0.2) is 18.0 Å². The van der Waals surface area contributed by atoms with E-state index in [2.05, 4.69) is 5.32 Å². The zero-order valence-corrected chi connectivity index (χ0v) is 12.4. The van der Waals surface area contributed by atoms with Gasteiger partial charge >= 0.3 is 0 Å². The fourth-order valence-corrected chi connectivity index (χ4v) is 1.61. The van der Waals surface area contributed by atoms with E-state index in [0.29, 0.717) is 12.1 Å². The summed E-state index contributed by atoms with van der Waals surface area (Å²) in [6.45, 7) is 6.25. The number of nitrogens with one attached hydrogen (secondary N) is 1. The van der Waals surface area contributed by atoms with E-state index in [9.17, 15) is 9.18 Å². The lowest BCUT2D eigenvalue weighted by atomic mass is 9.88. The molecule has 1 atom stereocenters. The average molecular weight is 289 g/mol. The van der Waals surface area contributed by atoms with Crippen molar-refractivity contribution in [2.24, 2.45) is 11.7 Å². The Balaban J connectivity index is 0.00000324. The van der Waals surface area contributed by atoms with E-state index in [1.165, 1.54) is 6.07 Å². The molecule has 108 valence electrons. The molecule has 0 bridgehead atoms. The van der Waals surface area contributed by atoms with Gasteiger partial charge in [0.25, 0.3) is 0 Å². The number of rotatable bonds is 5. The van der Waals surface area contributed by atoms with Crippen molar-refractivity contribution in [3.8, 4) is 0 Å². The normalized spacial score (nSPS) is 13.6. The van der Waals surface area contributed by atoms with Crippen LogP contribution < -0.4 is 11.1 Å². The Kier molecular flexibility index (Phi) is 7.01. The van der Waals surface area contributed by atoms with Crippen molar-refractivity contribution >= 4 is 18.3 Å². The SMILES string of the molecule is CC(C)C(C)(CN)NC(=O)Cc1ccccc1F.Cl. The Morgan fingerprint density at radius 3 is 2.47 bits per heavy atom. The maximum absolute atomic E-state index is 13.4. The van der Waals surface area contributed by atoms with Crippen LogP contribution in [0, 0.1) is 11.7 Å². The number of halogens is 2. The third-order valence-electron chi connectivity index (χ3n) is 3.43. The minimum absolute atomic E-state index is 0. The number of amides is 1. The smallest absolute Gasteiger partial charge is 0.225 e. The lowest BCUT2D eigenvalue weighted by Gasteiger charge is -2.33. The molecule has 0 spiro atoms. The maximum Gasteiger partial charge on any atom is 0.225 e. The van der Waals surface area contributed by atoms with Crippen molar-refractivity contribution in [2.75, 3.05) is 6.54 Å². The van der Waals surface area contributed by atoms with Crippen molar-refractivity contribution in [1.29, 1.82) is 0 Å². The van der Waals surface area contributed by atoms with Gasteiger partial charge in [-0.2, -0.15) is 0 Å². The summed E-state index contributed by atoms with van der Waals surface area (Å²) in [5.74, 6) is -0.347. The quantitative estimate of drug-likeness (QED) is 0.873. The number of benzene rings is 1. The van der Waals surface area contributed by atoms with Crippen LogP contribution in [-0.2, 0) is 11.2 Å². The molecular weight excluding hydrogens is 267 g/mol. The van der Waals surface area contributed by atoms with E-state index in [4.69, 9.17) is 5.73 Å². The van der Waals surface area contributed by atoms with Crippen molar-refractivity contribution in [3.63, 3.8) is 0 Å². The molecule has 3 N–H and O–H groups in total. The molecule has 1 aromatic rings. The Hall–Kier alpha value is -1.13. The van der Waals surface area contributed by atoms with Crippen molar-refractivity contribution in [1.82, 2.24) is 5.32 Å². The van der Waals surface area contributed by atoms with Gasteiger partial charge in [-0.1, -0.05) is 32.0 Å². The van der Waals surface area contributed by atoms with Gasteiger partial charge < -0.3 is 11.1 Å². The summed E-state index contributed by atoms with van der Waals surface area (Å²) in [5.41, 5.74) is 5.64. The molecule has 0 fully saturated rings. The largest absolute Gasteiger partial charge is 0.349 e. The standard InChI is InChI=1S/C14H21FN2O.ClH/c1-10(2)14(3,9-16)17-13(18)8-11-6-4-5-7-12(11)15;/h4-7,10H,8-9,16H2,1-3H3,(H,17,18);1H. The topological polar surface area (TPSA) is 55.1 Å². The second-order valence-electron chi connectivity index (χ2n) is 5.09. The van der Waals surface area contributed by atoms with Crippen molar-refractivity contribution < 1.29 is 9.18 Å². The third kappa shape index (κ3) is 4.80. The van der Waals surface area contributed by atoms with E-state index in [0.717, 1.165) is 0 Å². The Morgan fingerprint density at radius 2 is 2.00 bits per heavy atom. The summed E-state index contributed by atoms with van der Waals surface area (Å²) < 4.78 is 13.4. The molecule has 1 amide bonds. The number of carbonyl (C=O) groups excluding carboxylic acids is 1. The molecule has 0 aliphatic heterocycles. The number of carbonyl (C=O) groups is 1. The molecule has 1 aromatic carbocycles. The van der Waals surface area contributed by atoms with Crippen molar-refractivity contribution in [3.05, 3.63) is 35.6 Å². The van der Waals surface area contributed by atoms with Crippen LogP contribution in [0.4, 0.5) is 4.39 Å². The zero-order valence-electron chi connectivity index (χ0n) is 11.6. The van der Waals surface area contributed by atoms with Gasteiger partial charge in [0.2, 0.25) is 5.91 Å². The second kappa shape index (κ2) is 7.46. The van der Waals surface area contributed by atoms with Crippen LogP contribution >= 0.6 is 12.4 Å². The van der Waals surface area contributed by atoms with Crippen LogP contribution in [0.25, 0.3) is 0 Å². The predicted octanol–water partition coefficient (Wildman–Crippen LogP) is 2.28. The Labute approximate surface area is 120 Å². The molecule has 19 heavy (non-hydrogen) atoms. The van der Waals surface area contributed by atoms with Gasteiger partial charge in [0, 0.05) is 6.54 Å².